The topological polar surface area (TPSA) is 350 Å². The third kappa shape index (κ3) is 12.7. The van der Waals surface area contributed by atoms with Crippen LogP contribution in [0, 0.1) is 0 Å². The Balaban J connectivity index is 1.21. The van der Waals surface area contributed by atoms with Gasteiger partial charge >= 0.3 is 5.97 Å². The van der Waals surface area contributed by atoms with Gasteiger partial charge in [0.05, 0.1) is 26.4 Å². The lowest BCUT2D eigenvalue weighted by atomic mass is 9.96. The Morgan fingerprint density at radius 1 is 0.614 bits per heavy atom. The van der Waals surface area contributed by atoms with Gasteiger partial charge in [0, 0.05) is 32.2 Å². The quantitative estimate of drug-likeness (QED) is 0.0379. The van der Waals surface area contributed by atoms with Gasteiger partial charge in [-0.1, -0.05) is 25.7 Å². The Hall–Kier alpha value is -2.56. The number of unbranched alkanes of at least 4 members (excludes halogenated alkanes) is 5. The van der Waals surface area contributed by atoms with E-state index in [9.17, 15) is 70.2 Å². The van der Waals surface area contributed by atoms with Gasteiger partial charge in [-0.25, -0.2) is 4.79 Å². The predicted octanol–water partition coefficient (Wildman–Crippen LogP) is -5.70. The number of aliphatic hydroxyl groups is 10. The summed E-state index contributed by atoms with van der Waals surface area (Å²) < 4.78 is 33.2. The molecule has 0 bridgehead atoms. The summed E-state index contributed by atoms with van der Waals surface area (Å²) in [4.78, 5) is 52.2. The summed E-state index contributed by atoms with van der Waals surface area (Å²) in [6.45, 7) is -2.41. The number of nitrogens with zero attached hydrogens (tertiary/aromatic N) is 1. The van der Waals surface area contributed by atoms with Crippen molar-refractivity contribution in [3.05, 3.63) is 0 Å². The second-order valence-corrected chi connectivity index (χ2v) is 14.2. The number of rotatable bonds is 21. The third-order valence-corrected chi connectivity index (χ3v) is 9.99. The molecule has 4 fully saturated rings. The predicted molar refractivity (Wildman–Crippen MR) is 182 cm³/mol. The number of amides is 3. The van der Waals surface area contributed by atoms with Crippen LogP contribution in [0.3, 0.4) is 0 Å². The van der Waals surface area contributed by atoms with E-state index in [-0.39, 0.29) is 44.7 Å². The molecule has 57 heavy (non-hydrogen) atoms. The summed E-state index contributed by atoms with van der Waals surface area (Å²) in [7, 11) is 0. The van der Waals surface area contributed by atoms with Crippen LogP contribution in [0.4, 0.5) is 0 Å². The molecular weight excluding hydrogens is 772 g/mol. The SMILES string of the molecule is O=C(CCCCCCCCC(=O)ON1C(=O)CCC1=O)NCCO[C@H]1O[C@H](CO[C@H]2O[C@H](CO)[C@@H](O)[C@H](O)[C@@H]2O)[C@@H](O)[C@H](O[C@H]2O[C@H](CO)[C@@H](O)[C@H](O)[C@@H]2O)[C@@H]1O. The second-order valence-electron chi connectivity index (χ2n) is 14.2. The van der Waals surface area contributed by atoms with Crippen molar-refractivity contribution in [3.63, 3.8) is 0 Å². The molecule has 0 aliphatic carbocycles. The standard InChI is InChI=1S/C34H56N2O21/c37-13-16-23(43)26(46)28(48)32(53-16)52-15-18-25(45)31(56-34-29(49)27(47)24(44)17(14-38)54-34)30(50)33(55-18)51-12-11-35-19(39)7-5-3-1-2-4-6-8-22(42)57-36-20(40)9-10-21(36)41/h16-18,23-34,37-38,43-50H,1-15H2,(H,35,39)/t16-,17-,18-,23-,24-,25-,26+,27+,28+,29+,30+,31+,32+,33+,34-/m1/s1. The van der Waals surface area contributed by atoms with Gasteiger partial charge in [0.15, 0.2) is 18.9 Å². The average molecular weight is 829 g/mol. The number of nitrogens with one attached hydrogen (secondary N) is 1. The van der Waals surface area contributed by atoms with Gasteiger partial charge in [-0.3, -0.25) is 14.4 Å². The van der Waals surface area contributed by atoms with Crippen LogP contribution < -0.4 is 5.32 Å². The van der Waals surface area contributed by atoms with Crippen molar-refractivity contribution >= 4 is 23.7 Å². The lowest BCUT2D eigenvalue weighted by Crippen LogP contribution is -2.65. The van der Waals surface area contributed by atoms with E-state index >= 15 is 0 Å². The zero-order valence-corrected chi connectivity index (χ0v) is 31.2. The van der Waals surface area contributed by atoms with Gasteiger partial charge in [-0.05, 0) is 12.8 Å². The normalized spacial score (nSPS) is 37.4. The zero-order chi connectivity index (χ0) is 41.8. The largest absolute Gasteiger partial charge is 0.394 e. The number of aliphatic hydroxyl groups excluding tert-OH is 10. The van der Waals surface area contributed by atoms with Gasteiger partial charge in [-0.2, -0.15) is 0 Å². The molecule has 0 spiro atoms. The second kappa shape index (κ2) is 22.7. The molecule has 3 amide bonds. The Labute approximate surface area is 326 Å². The first-order chi connectivity index (χ1) is 27.2. The van der Waals surface area contributed by atoms with Gasteiger partial charge in [-0.15, -0.1) is 5.06 Å². The molecule has 0 unspecified atom stereocenters. The molecule has 4 aliphatic heterocycles. The minimum Gasteiger partial charge on any atom is -0.394 e. The van der Waals surface area contributed by atoms with Gasteiger partial charge in [0.25, 0.3) is 11.8 Å². The Kier molecular flexibility index (Phi) is 18.8. The van der Waals surface area contributed by atoms with Crippen LogP contribution in [0.25, 0.3) is 0 Å². The maximum atomic E-state index is 12.4. The molecule has 0 aromatic carbocycles. The molecule has 4 aliphatic rings. The van der Waals surface area contributed by atoms with Crippen molar-refractivity contribution in [2.75, 3.05) is 33.0 Å². The Morgan fingerprint density at radius 3 is 1.72 bits per heavy atom. The minimum atomic E-state index is -1.90. The van der Waals surface area contributed by atoms with E-state index in [1.54, 1.807) is 0 Å². The lowest BCUT2D eigenvalue weighted by molar-refractivity contribution is -0.366. The van der Waals surface area contributed by atoms with Crippen LogP contribution in [0.15, 0.2) is 0 Å². The first-order valence-electron chi connectivity index (χ1n) is 19.0. The molecule has 23 heteroatoms. The lowest BCUT2D eigenvalue weighted by Gasteiger charge is -2.46. The zero-order valence-electron chi connectivity index (χ0n) is 31.2. The number of carbonyl (C=O) groups excluding carboxylic acids is 4. The van der Waals surface area contributed by atoms with E-state index in [1.165, 1.54) is 0 Å². The molecule has 0 saturated carbocycles. The number of hydroxylamine groups is 2. The molecule has 15 atom stereocenters. The number of carbonyl (C=O) groups is 4. The highest BCUT2D eigenvalue weighted by molar-refractivity contribution is 6.01. The molecule has 0 aromatic heterocycles. The summed E-state index contributed by atoms with van der Waals surface area (Å²) in [5, 5.41) is 106. The summed E-state index contributed by atoms with van der Waals surface area (Å²) >= 11 is 0. The Morgan fingerprint density at radius 2 is 1.12 bits per heavy atom. The summed E-state index contributed by atoms with van der Waals surface area (Å²) in [6.07, 6.45) is -20.7. The van der Waals surface area contributed by atoms with E-state index in [2.05, 4.69) is 5.32 Å². The summed E-state index contributed by atoms with van der Waals surface area (Å²) in [5.74, 6) is -2.01. The molecule has 328 valence electrons. The van der Waals surface area contributed by atoms with Crippen molar-refractivity contribution in [1.29, 1.82) is 0 Å². The summed E-state index contributed by atoms with van der Waals surface area (Å²) in [6, 6.07) is 0. The minimum absolute atomic E-state index is 0.0249. The highest BCUT2D eigenvalue weighted by atomic mass is 16.8. The van der Waals surface area contributed by atoms with E-state index in [4.69, 9.17) is 33.3 Å². The Bertz CT molecular complexity index is 1280. The maximum absolute atomic E-state index is 12.4. The van der Waals surface area contributed by atoms with Crippen molar-refractivity contribution in [2.24, 2.45) is 0 Å². The highest BCUT2D eigenvalue weighted by Gasteiger charge is 2.52. The number of hydrogen-bond acceptors (Lipinski definition) is 21. The van der Waals surface area contributed by atoms with Crippen molar-refractivity contribution in [1.82, 2.24) is 10.4 Å². The fourth-order valence-electron chi connectivity index (χ4n) is 6.59. The van der Waals surface area contributed by atoms with Crippen molar-refractivity contribution in [3.8, 4) is 0 Å². The van der Waals surface area contributed by atoms with Crippen molar-refractivity contribution < 1.29 is 104 Å². The number of ether oxygens (including phenoxy) is 6. The van der Waals surface area contributed by atoms with Crippen molar-refractivity contribution in [2.45, 2.75) is 156 Å². The van der Waals surface area contributed by atoms with E-state index < -0.39 is 130 Å². The first-order valence-corrected chi connectivity index (χ1v) is 19.0. The molecule has 11 N–H and O–H groups in total. The van der Waals surface area contributed by atoms with Crippen LogP contribution in [-0.4, -0.2) is 205 Å². The first kappa shape index (κ1) is 47.1. The fraction of sp³-hybridized carbons (Fsp3) is 0.882. The molecule has 4 rings (SSSR count). The van der Waals surface area contributed by atoms with Gasteiger partial charge in [0.2, 0.25) is 5.91 Å². The smallest absolute Gasteiger partial charge is 0.333 e. The van der Waals surface area contributed by atoms with Gasteiger partial charge < -0.3 is 89.6 Å². The number of imide groups is 1. The molecule has 23 nitrogen and oxygen atoms in total. The molecular formula is C34H56N2O21. The van der Waals surface area contributed by atoms with Crippen LogP contribution in [0.1, 0.15) is 64.2 Å². The summed E-state index contributed by atoms with van der Waals surface area (Å²) in [5.41, 5.74) is 0. The maximum Gasteiger partial charge on any atom is 0.333 e. The molecule has 4 heterocycles. The van der Waals surface area contributed by atoms with E-state index in [1.807, 2.05) is 0 Å². The molecule has 0 aromatic rings. The number of hydrogen-bond donors (Lipinski definition) is 11. The van der Waals surface area contributed by atoms with Gasteiger partial charge in [0.1, 0.15) is 73.2 Å². The van der Waals surface area contributed by atoms with Crippen LogP contribution >= 0.6 is 0 Å². The van der Waals surface area contributed by atoms with E-state index in [0.29, 0.717) is 24.3 Å². The molecule has 4 saturated heterocycles. The van der Waals surface area contributed by atoms with E-state index in [0.717, 1.165) is 19.3 Å². The fourth-order valence-corrected chi connectivity index (χ4v) is 6.59. The average Bonchev–Trinajstić information content (AvgIpc) is 3.51. The van der Waals surface area contributed by atoms with Crippen LogP contribution in [-0.2, 0) is 52.4 Å². The molecule has 0 radical (unpaired) electrons. The van der Waals surface area contributed by atoms with Crippen LogP contribution in [0.2, 0.25) is 0 Å². The third-order valence-electron chi connectivity index (χ3n) is 9.99. The monoisotopic (exact) mass is 828 g/mol. The highest BCUT2D eigenvalue weighted by Crippen LogP contribution is 2.31. The van der Waals surface area contributed by atoms with Crippen LogP contribution in [0.5, 0.6) is 0 Å².